The van der Waals surface area contributed by atoms with E-state index in [1.807, 2.05) is 0 Å². The maximum absolute atomic E-state index is 3.79. The van der Waals surface area contributed by atoms with Gasteiger partial charge in [-0.3, -0.25) is 4.90 Å². The summed E-state index contributed by atoms with van der Waals surface area (Å²) in [5, 5.41) is 3.79. The minimum atomic E-state index is 0.399. The van der Waals surface area contributed by atoms with Gasteiger partial charge in [0, 0.05) is 31.2 Å². The molecule has 1 aliphatic carbocycles. The van der Waals surface area contributed by atoms with Crippen LogP contribution in [-0.2, 0) is 0 Å². The summed E-state index contributed by atoms with van der Waals surface area (Å²) in [6.07, 6.45) is 7.86. The van der Waals surface area contributed by atoms with E-state index in [0.29, 0.717) is 11.6 Å². The zero-order valence-electron chi connectivity index (χ0n) is 12.6. The second-order valence-corrected chi connectivity index (χ2v) is 6.68. The van der Waals surface area contributed by atoms with E-state index in [-0.39, 0.29) is 0 Å². The molecule has 1 saturated carbocycles. The van der Waals surface area contributed by atoms with Crippen LogP contribution in [0, 0.1) is 5.92 Å². The minimum absolute atomic E-state index is 0.399. The van der Waals surface area contributed by atoms with E-state index < -0.39 is 0 Å². The fraction of sp³-hybridized carbons (Fsp3) is 0.875. The van der Waals surface area contributed by atoms with Gasteiger partial charge in [0.15, 0.2) is 0 Å². The van der Waals surface area contributed by atoms with Crippen LogP contribution in [0.4, 0.5) is 0 Å². The zero-order valence-corrected chi connectivity index (χ0v) is 12.6. The standard InChI is InChI=1S/C16H30N2/c1-5-6-15-11-18(10-9-13(2)3)16(4,12-17-15)14-7-8-14/h9,14-15,17H,5-8,10-12H2,1-4H3. The van der Waals surface area contributed by atoms with Crippen molar-refractivity contribution in [2.24, 2.45) is 5.92 Å². The van der Waals surface area contributed by atoms with Gasteiger partial charge in [0.05, 0.1) is 0 Å². The average Bonchev–Trinajstić information content (AvgIpc) is 3.14. The quantitative estimate of drug-likeness (QED) is 0.754. The van der Waals surface area contributed by atoms with E-state index in [9.17, 15) is 0 Å². The molecule has 0 amide bonds. The van der Waals surface area contributed by atoms with Gasteiger partial charge in [-0.05, 0) is 46.0 Å². The maximum Gasteiger partial charge on any atom is 0.0337 e. The Morgan fingerprint density at radius 1 is 1.39 bits per heavy atom. The van der Waals surface area contributed by atoms with E-state index in [1.54, 1.807) is 0 Å². The summed E-state index contributed by atoms with van der Waals surface area (Å²) in [6.45, 7) is 12.7. The van der Waals surface area contributed by atoms with Crippen molar-refractivity contribution in [1.82, 2.24) is 10.2 Å². The molecule has 2 atom stereocenters. The highest BCUT2D eigenvalue weighted by Gasteiger charge is 2.47. The molecule has 0 aromatic heterocycles. The van der Waals surface area contributed by atoms with Gasteiger partial charge in [-0.2, -0.15) is 0 Å². The van der Waals surface area contributed by atoms with Crippen LogP contribution in [0.5, 0.6) is 0 Å². The van der Waals surface area contributed by atoms with Gasteiger partial charge < -0.3 is 5.32 Å². The molecule has 2 nitrogen and oxygen atoms in total. The molecule has 1 aliphatic heterocycles. The summed E-state index contributed by atoms with van der Waals surface area (Å²) in [6, 6.07) is 0.701. The molecule has 2 aliphatic rings. The number of hydrogen-bond acceptors (Lipinski definition) is 2. The highest BCUT2D eigenvalue weighted by atomic mass is 15.3. The molecule has 0 spiro atoms. The number of allylic oxidation sites excluding steroid dienone is 1. The van der Waals surface area contributed by atoms with Crippen molar-refractivity contribution in [1.29, 1.82) is 0 Å². The number of piperazine rings is 1. The van der Waals surface area contributed by atoms with E-state index in [0.717, 1.165) is 12.5 Å². The van der Waals surface area contributed by atoms with Crippen molar-refractivity contribution in [3.63, 3.8) is 0 Å². The Labute approximate surface area is 113 Å². The molecule has 1 heterocycles. The van der Waals surface area contributed by atoms with Crippen LogP contribution in [0.2, 0.25) is 0 Å². The van der Waals surface area contributed by atoms with Gasteiger partial charge in [-0.1, -0.05) is 25.0 Å². The topological polar surface area (TPSA) is 15.3 Å². The molecule has 2 rings (SSSR count). The molecule has 1 N–H and O–H groups in total. The lowest BCUT2D eigenvalue weighted by atomic mass is 9.88. The molecule has 0 aromatic carbocycles. The second-order valence-electron chi connectivity index (χ2n) is 6.68. The van der Waals surface area contributed by atoms with Gasteiger partial charge in [0.25, 0.3) is 0 Å². The highest BCUT2D eigenvalue weighted by Crippen LogP contribution is 2.44. The third-order valence-corrected chi connectivity index (χ3v) is 4.73. The molecule has 0 radical (unpaired) electrons. The molecule has 0 bridgehead atoms. The van der Waals surface area contributed by atoms with E-state index in [2.05, 4.69) is 44.0 Å². The first kappa shape index (κ1) is 14.1. The first-order valence-electron chi connectivity index (χ1n) is 7.68. The Kier molecular flexibility index (Phi) is 4.50. The van der Waals surface area contributed by atoms with E-state index >= 15 is 0 Å². The van der Waals surface area contributed by atoms with Crippen molar-refractivity contribution < 1.29 is 0 Å². The van der Waals surface area contributed by atoms with E-state index in [1.165, 1.54) is 44.3 Å². The predicted molar refractivity (Wildman–Crippen MR) is 78.8 cm³/mol. The third kappa shape index (κ3) is 3.16. The normalized spacial score (nSPS) is 33.4. The van der Waals surface area contributed by atoms with Crippen LogP contribution >= 0.6 is 0 Å². The maximum atomic E-state index is 3.79. The van der Waals surface area contributed by atoms with Crippen molar-refractivity contribution in [3.05, 3.63) is 11.6 Å². The van der Waals surface area contributed by atoms with Gasteiger partial charge in [0.2, 0.25) is 0 Å². The smallest absolute Gasteiger partial charge is 0.0337 e. The lowest BCUT2D eigenvalue weighted by Crippen LogP contribution is -2.64. The molecule has 2 fully saturated rings. The molecule has 104 valence electrons. The number of rotatable bonds is 5. The van der Waals surface area contributed by atoms with Crippen molar-refractivity contribution in [2.45, 2.75) is 65.0 Å². The van der Waals surface area contributed by atoms with E-state index in [4.69, 9.17) is 0 Å². The van der Waals surface area contributed by atoms with Gasteiger partial charge in [-0.15, -0.1) is 0 Å². The molecule has 2 heteroatoms. The monoisotopic (exact) mass is 250 g/mol. The summed E-state index contributed by atoms with van der Waals surface area (Å²) in [4.78, 5) is 2.74. The first-order valence-corrected chi connectivity index (χ1v) is 7.68. The summed E-state index contributed by atoms with van der Waals surface area (Å²) >= 11 is 0. The molecule has 0 aromatic rings. The summed E-state index contributed by atoms with van der Waals surface area (Å²) < 4.78 is 0. The fourth-order valence-corrected chi connectivity index (χ4v) is 3.23. The third-order valence-electron chi connectivity index (χ3n) is 4.73. The Morgan fingerprint density at radius 3 is 2.67 bits per heavy atom. The summed E-state index contributed by atoms with van der Waals surface area (Å²) in [5.74, 6) is 0.929. The molecular formula is C16H30N2. The van der Waals surface area contributed by atoms with Crippen LogP contribution in [0.1, 0.15) is 53.4 Å². The van der Waals surface area contributed by atoms with Crippen LogP contribution in [0.3, 0.4) is 0 Å². The molecule has 1 saturated heterocycles. The van der Waals surface area contributed by atoms with Gasteiger partial charge >= 0.3 is 0 Å². The van der Waals surface area contributed by atoms with Crippen LogP contribution in [-0.4, -0.2) is 36.1 Å². The van der Waals surface area contributed by atoms with Crippen LogP contribution < -0.4 is 5.32 Å². The lowest BCUT2D eigenvalue weighted by molar-refractivity contribution is 0.0437. The Balaban J connectivity index is 2.03. The minimum Gasteiger partial charge on any atom is -0.311 e. The predicted octanol–water partition coefficient (Wildman–Crippen LogP) is 3.20. The Hall–Kier alpha value is -0.340. The zero-order chi connectivity index (χ0) is 13.2. The lowest BCUT2D eigenvalue weighted by Gasteiger charge is -2.48. The molecular weight excluding hydrogens is 220 g/mol. The van der Waals surface area contributed by atoms with Crippen molar-refractivity contribution in [3.8, 4) is 0 Å². The largest absolute Gasteiger partial charge is 0.311 e. The van der Waals surface area contributed by atoms with Gasteiger partial charge in [0.1, 0.15) is 0 Å². The molecule has 2 unspecified atom stereocenters. The Bertz CT molecular complexity index is 302. The SMILES string of the molecule is CCCC1CN(CC=C(C)C)C(C)(C2CC2)CN1. The summed E-state index contributed by atoms with van der Waals surface area (Å²) in [7, 11) is 0. The van der Waals surface area contributed by atoms with Gasteiger partial charge in [-0.25, -0.2) is 0 Å². The fourth-order valence-electron chi connectivity index (χ4n) is 3.23. The van der Waals surface area contributed by atoms with Crippen LogP contribution in [0.25, 0.3) is 0 Å². The van der Waals surface area contributed by atoms with Crippen molar-refractivity contribution in [2.75, 3.05) is 19.6 Å². The van der Waals surface area contributed by atoms with Crippen molar-refractivity contribution >= 4 is 0 Å². The second kappa shape index (κ2) is 5.75. The van der Waals surface area contributed by atoms with Crippen LogP contribution in [0.15, 0.2) is 11.6 Å². The summed E-state index contributed by atoms with van der Waals surface area (Å²) in [5.41, 5.74) is 1.84. The highest BCUT2D eigenvalue weighted by molar-refractivity contribution is 5.07. The number of nitrogens with one attached hydrogen (secondary N) is 1. The Morgan fingerprint density at radius 2 is 2.11 bits per heavy atom. The number of hydrogen-bond donors (Lipinski definition) is 1. The first-order chi connectivity index (χ1) is 8.56. The average molecular weight is 250 g/mol. The molecule has 18 heavy (non-hydrogen) atoms. The number of nitrogens with zero attached hydrogens (tertiary/aromatic N) is 1.